The van der Waals surface area contributed by atoms with E-state index in [1.165, 1.54) is 0 Å². The fourth-order valence-electron chi connectivity index (χ4n) is 3.94. The summed E-state index contributed by atoms with van der Waals surface area (Å²) in [4.78, 5) is 24.9. The molecule has 12 heteroatoms. The second-order valence-electron chi connectivity index (χ2n) is 8.47. The van der Waals surface area contributed by atoms with Crippen molar-refractivity contribution in [2.24, 2.45) is 0 Å². The van der Waals surface area contributed by atoms with Gasteiger partial charge >= 0.3 is 24.4 Å². The zero-order chi connectivity index (χ0) is 24.8. The first-order chi connectivity index (χ1) is 15.8. The van der Waals surface area contributed by atoms with Crippen molar-refractivity contribution in [1.29, 1.82) is 0 Å². The third-order valence-electron chi connectivity index (χ3n) is 6.06. The molecule has 2 saturated carbocycles. The highest BCUT2D eigenvalue weighted by molar-refractivity contribution is 5.92. The summed E-state index contributed by atoms with van der Waals surface area (Å²) in [6.07, 6.45) is -6.60. The molecule has 2 aliphatic carbocycles. The van der Waals surface area contributed by atoms with E-state index < -0.39 is 46.6 Å². The third kappa shape index (κ3) is 5.05. The fraction of sp³-hybridized carbons (Fsp3) is 0.364. The van der Waals surface area contributed by atoms with Crippen LogP contribution >= 0.6 is 0 Å². The van der Waals surface area contributed by atoms with Crippen LogP contribution in [0.3, 0.4) is 0 Å². The molecule has 0 saturated heterocycles. The maximum absolute atomic E-state index is 12.7. The Kier molecular flexibility index (Phi) is 5.65. The van der Waals surface area contributed by atoms with Crippen molar-refractivity contribution in [2.75, 3.05) is 10.6 Å². The minimum atomic E-state index is -4.48. The summed E-state index contributed by atoms with van der Waals surface area (Å²) < 4.78 is 76.0. The highest BCUT2D eigenvalue weighted by atomic mass is 19.4. The van der Waals surface area contributed by atoms with Crippen LogP contribution in [0.25, 0.3) is 0 Å². The largest absolute Gasteiger partial charge is 0.416 e. The summed E-state index contributed by atoms with van der Waals surface area (Å²) in [5.74, 6) is 0. The number of hydrogen-bond acceptors (Lipinski definition) is 2. The smallest absolute Gasteiger partial charge is 0.330 e. The number of benzene rings is 2. The molecule has 2 aliphatic rings. The Hall–Kier alpha value is -3.44. The standard InChI is InChI=1S/C22H20F6N4O2/c23-21(24,25)13-1-5-15(6-2-13)29-17(33)31-19(9-10-19)20(11-12-20)32-18(34)30-16-7-3-14(4-8-16)22(26,27)28/h1-8H,9-12H2,(H2,29,31,33)(H2,30,32,34). The molecule has 0 aromatic heterocycles. The second kappa shape index (κ2) is 8.10. The van der Waals surface area contributed by atoms with Crippen LogP contribution in [-0.2, 0) is 12.4 Å². The molecular formula is C22H20F6N4O2. The van der Waals surface area contributed by atoms with Crippen LogP contribution in [0.1, 0.15) is 36.8 Å². The van der Waals surface area contributed by atoms with Crippen molar-refractivity contribution in [3.05, 3.63) is 59.7 Å². The van der Waals surface area contributed by atoms with E-state index in [9.17, 15) is 35.9 Å². The summed E-state index contributed by atoms with van der Waals surface area (Å²) in [6.45, 7) is 0. The minimum Gasteiger partial charge on any atom is -0.330 e. The molecule has 2 fully saturated rings. The van der Waals surface area contributed by atoms with Crippen molar-refractivity contribution in [3.63, 3.8) is 0 Å². The van der Waals surface area contributed by atoms with Gasteiger partial charge < -0.3 is 21.3 Å². The molecule has 0 atom stereocenters. The molecule has 0 aliphatic heterocycles. The van der Waals surface area contributed by atoms with Gasteiger partial charge in [-0.1, -0.05) is 0 Å². The number of hydrogen-bond donors (Lipinski definition) is 4. The molecule has 0 unspecified atom stereocenters. The molecule has 4 rings (SSSR count). The SMILES string of the molecule is O=C(Nc1ccc(C(F)(F)F)cc1)NC1(C2(NC(=O)Nc3ccc(C(F)(F)F)cc3)CC2)CC1. The van der Waals surface area contributed by atoms with E-state index in [1.54, 1.807) is 0 Å². The molecule has 0 heterocycles. The number of halogens is 6. The predicted molar refractivity (Wildman–Crippen MR) is 111 cm³/mol. The lowest BCUT2D eigenvalue weighted by molar-refractivity contribution is -0.138. The number of alkyl halides is 6. The molecule has 0 spiro atoms. The first-order valence-electron chi connectivity index (χ1n) is 10.3. The highest BCUT2D eigenvalue weighted by Gasteiger charge is 2.67. The van der Waals surface area contributed by atoms with Crippen LogP contribution < -0.4 is 21.3 Å². The van der Waals surface area contributed by atoms with Gasteiger partial charge in [-0.2, -0.15) is 26.3 Å². The van der Waals surface area contributed by atoms with E-state index in [-0.39, 0.29) is 11.4 Å². The topological polar surface area (TPSA) is 82.3 Å². The van der Waals surface area contributed by atoms with E-state index in [4.69, 9.17) is 0 Å². The first kappa shape index (κ1) is 23.7. The molecule has 2 aromatic carbocycles. The summed E-state index contributed by atoms with van der Waals surface area (Å²) in [5.41, 5.74) is -2.73. The van der Waals surface area contributed by atoms with E-state index in [0.717, 1.165) is 48.5 Å². The number of carbonyl (C=O) groups excluding carboxylic acids is 2. The zero-order valence-electron chi connectivity index (χ0n) is 17.5. The minimum absolute atomic E-state index is 0.180. The van der Waals surface area contributed by atoms with Crippen molar-refractivity contribution in [3.8, 4) is 0 Å². The number of carbonyl (C=O) groups is 2. The Morgan fingerprint density at radius 2 is 0.882 bits per heavy atom. The van der Waals surface area contributed by atoms with Crippen molar-refractivity contribution in [1.82, 2.24) is 10.6 Å². The summed E-state index contributed by atoms with van der Waals surface area (Å²) in [5, 5.41) is 10.6. The van der Waals surface area contributed by atoms with Crippen LogP contribution in [0.15, 0.2) is 48.5 Å². The van der Waals surface area contributed by atoms with Gasteiger partial charge in [0.25, 0.3) is 0 Å². The Morgan fingerprint density at radius 1 is 0.588 bits per heavy atom. The van der Waals surface area contributed by atoms with Crippen molar-refractivity contribution >= 4 is 23.4 Å². The molecule has 34 heavy (non-hydrogen) atoms. The lowest BCUT2D eigenvalue weighted by atomic mass is 10.0. The molecule has 182 valence electrons. The van der Waals surface area contributed by atoms with Crippen LogP contribution in [0, 0.1) is 0 Å². The van der Waals surface area contributed by atoms with Gasteiger partial charge in [0, 0.05) is 11.4 Å². The number of anilines is 2. The highest BCUT2D eigenvalue weighted by Crippen LogP contribution is 2.57. The van der Waals surface area contributed by atoms with Crippen LogP contribution in [0.4, 0.5) is 47.3 Å². The number of amides is 4. The molecule has 0 radical (unpaired) electrons. The molecule has 4 N–H and O–H groups in total. The van der Waals surface area contributed by atoms with Crippen LogP contribution in [0.5, 0.6) is 0 Å². The Balaban J connectivity index is 1.33. The van der Waals surface area contributed by atoms with Gasteiger partial charge in [0.15, 0.2) is 0 Å². The van der Waals surface area contributed by atoms with E-state index in [0.29, 0.717) is 25.7 Å². The Labute approximate surface area is 190 Å². The van der Waals surface area contributed by atoms with Gasteiger partial charge in [-0.3, -0.25) is 0 Å². The lowest BCUT2D eigenvalue weighted by Crippen LogP contribution is -2.57. The molecule has 2 aromatic rings. The lowest BCUT2D eigenvalue weighted by Gasteiger charge is -2.29. The maximum atomic E-state index is 12.7. The van der Waals surface area contributed by atoms with E-state index >= 15 is 0 Å². The molecule has 4 amide bonds. The van der Waals surface area contributed by atoms with Gasteiger partial charge in [-0.05, 0) is 74.2 Å². The van der Waals surface area contributed by atoms with Crippen molar-refractivity contribution in [2.45, 2.75) is 49.1 Å². The maximum Gasteiger partial charge on any atom is 0.416 e. The third-order valence-corrected chi connectivity index (χ3v) is 6.06. The van der Waals surface area contributed by atoms with Crippen molar-refractivity contribution < 1.29 is 35.9 Å². The van der Waals surface area contributed by atoms with Crippen LogP contribution in [0.2, 0.25) is 0 Å². The molecular weight excluding hydrogens is 466 g/mol. The normalized spacial score (nSPS) is 17.9. The summed E-state index contributed by atoms with van der Waals surface area (Å²) >= 11 is 0. The van der Waals surface area contributed by atoms with Gasteiger partial charge in [-0.25, -0.2) is 9.59 Å². The zero-order valence-corrected chi connectivity index (χ0v) is 17.5. The summed E-state index contributed by atoms with van der Waals surface area (Å²) in [7, 11) is 0. The Bertz CT molecular complexity index is 985. The van der Waals surface area contributed by atoms with Gasteiger partial charge in [0.2, 0.25) is 0 Å². The van der Waals surface area contributed by atoms with E-state index in [2.05, 4.69) is 21.3 Å². The van der Waals surface area contributed by atoms with Crippen LogP contribution in [-0.4, -0.2) is 23.1 Å². The quantitative estimate of drug-likeness (QED) is 0.407. The summed E-state index contributed by atoms with van der Waals surface area (Å²) in [6, 6.07) is 6.78. The monoisotopic (exact) mass is 486 g/mol. The molecule has 6 nitrogen and oxygen atoms in total. The second-order valence-corrected chi connectivity index (χ2v) is 8.47. The molecule has 0 bridgehead atoms. The average Bonchev–Trinajstić information content (AvgIpc) is 3.65. The van der Waals surface area contributed by atoms with E-state index in [1.807, 2.05) is 0 Å². The van der Waals surface area contributed by atoms with Gasteiger partial charge in [0.1, 0.15) is 0 Å². The van der Waals surface area contributed by atoms with Gasteiger partial charge in [-0.15, -0.1) is 0 Å². The number of rotatable bonds is 5. The average molecular weight is 486 g/mol. The Morgan fingerprint density at radius 3 is 1.12 bits per heavy atom. The fourth-order valence-corrected chi connectivity index (χ4v) is 3.94. The number of urea groups is 2. The van der Waals surface area contributed by atoms with Gasteiger partial charge in [0.05, 0.1) is 22.2 Å². The predicted octanol–water partition coefficient (Wildman–Crippen LogP) is 5.73. The number of nitrogens with one attached hydrogen (secondary N) is 4. The first-order valence-corrected chi connectivity index (χ1v) is 10.3.